The lowest BCUT2D eigenvalue weighted by atomic mass is 10.0. The van der Waals surface area contributed by atoms with E-state index < -0.39 is 9.23 Å². The molecule has 0 amide bonds. The molecule has 2 aromatic rings. The summed E-state index contributed by atoms with van der Waals surface area (Å²) in [4.78, 5) is 1.00. The molecule has 21 heavy (non-hydrogen) atoms. The van der Waals surface area contributed by atoms with Crippen LogP contribution in [0.1, 0.15) is 25.3 Å². The maximum Gasteiger partial charge on any atom is 0.225 e. The molecule has 1 N–H and O–H groups in total. The van der Waals surface area contributed by atoms with Crippen molar-refractivity contribution in [3.05, 3.63) is 42.0 Å². The van der Waals surface area contributed by atoms with Gasteiger partial charge in [-0.3, -0.25) is 0 Å². The molecule has 0 aliphatic carbocycles. The Hall–Kier alpha value is -0.120. The van der Waals surface area contributed by atoms with Crippen molar-refractivity contribution in [3.8, 4) is 0 Å². The molecule has 0 aliphatic rings. The van der Waals surface area contributed by atoms with Gasteiger partial charge >= 0.3 is 0 Å². The molecule has 0 aromatic heterocycles. The lowest BCUT2D eigenvalue weighted by molar-refractivity contribution is 0.268. The Bertz CT molecular complexity index is 610. The Morgan fingerprint density at radius 1 is 1.14 bits per heavy atom. The minimum Gasteiger partial charge on any atom is -0.378 e. The zero-order chi connectivity index (χ0) is 15.5. The molecule has 0 saturated heterocycles. The number of aliphatic hydroxyl groups excluding tert-OH is 1. The van der Waals surface area contributed by atoms with Gasteiger partial charge in [0, 0.05) is 4.90 Å². The zero-order valence-corrected chi connectivity index (χ0v) is 14.7. The second kappa shape index (κ2) is 7.43. The number of halogens is 3. The van der Waals surface area contributed by atoms with E-state index in [1.807, 2.05) is 24.3 Å². The van der Waals surface area contributed by atoms with Crippen molar-refractivity contribution in [2.24, 2.45) is 0 Å². The SMILES string of the molecule is CCCCc1ccc2ccccc2c1SC(O)C(Cl)(Cl)Cl. The molecule has 0 radical (unpaired) electrons. The summed E-state index contributed by atoms with van der Waals surface area (Å²) in [5.74, 6) is 0. The summed E-state index contributed by atoms with van der Waals surface area (Å²) in [7, 11) is 0. The van der Waals surface area contributed by atoms with Crippen LogP contribution < -0.4 is 0 Å². The van der Waals surface area contributed by atoms with Gasteiger partial charge in [0.05, 0.1) is 0 Å². The molecule has 1 unspecified atom stereocenters. The predicted molar refractivity (Wildman–Crippen MR) is 94.7 cm³/mol. The summed E-state index contributed by atoms with van der Waals surface area (Å²) in [6.45, 7) is 2.16. The van der Waals surface area contributed by atoms with E-state index in [1.54, 1.807) is 0 Å². The second-order valence-corrected chi connectivity index (χ2v) is 8.35. The van der Waals surface area contributed by atoms with Crippen molar-refractivity contribution in [1.82, 2.24) is 0 Å². The highest BCUT2D eigenvalue weighted by Gasteiger charge is 2.32. The molecule has 0 aliphatic heterocycles. The number of hydrogen-bond acceptors (Lipinski definition) is 2. The summed E-state index contributed by atoms with van der Waals surface area (Å²) in [5, 5.41) is 12.3. The van der Waals surface area contributed by atoms with Crippen molar-refractivity contribution < 1.29 is 5.11 Å². The number of benzene rings is 2. The maximum atomic E-state index is 10.1. The molecular formula is C16H17Cl3OS. The van der Waals surface area contributed by atoms with Gasteiger partial charge in [-0.05, 0) is 29.2 Å². The largest absolute Gasteiger partial charge is 0.378 e. The molecule has 0 bridgehead atoms. The van der Waals surface area contributed by atoms with Gasteiger partial charge < -0.3 is 5.11 Å². The fourth-order valence-corrected chi connectivity index (χ4v) is 3.56. The highest BCUT2D eigenvalue weighted by atomic mass is 35.6. The topological polar surface area (TPSA) is 20.2 Å². The first kappa shape index (κ1) is 17.2. The normalized spacial score (nSPS) is 13.6. The van der Waals surface area contributed by atoms with E-state index in [1.165, 1.54) is 17.3 Å². The Morgan fingerprint density at radius 2 is 1.86 bits per heavy atom. The van der Waals surface area contributed by atoms with Crippen LogP contribution in [0.4, 0.5) is 0 Å². The summed E-state index contributed by atoms with van der Waals surface area (Å²) >= 11 is 18.6. The Balaban J connectivity index is 2.45. The number of aryl methyl sites for hydroxylation is 1. The third-order valence-electron chi connectivity index (χ3n) is 3.27. The van der Waals surface area contributed by atoms with Crippen LogP contribution in [-0.4, -0.2) is 14.3 Å². The van der Waals surface area contributed by atoms with E-state index in [-0.39, 0.29) is 0 Å². The smallest absolute Gasteiger partial charge is 0.225 e. The quantitative estimate of drug-likeness (QED) is 0.401. The van der Waals surface area contributed by atoms with Gasteiger partial charge in [-0.1, -0.05) is 96.3 Å². The van der Waals surface area contributed by atoms with E-state index in [0.717, 1.165) is 34.9 Å². The van der Waals surface area contributed by atoms with Crippen molar-refractivity contribution in [1.29, 1.82) is 0 Å². The van der Waals surface area contributed by atoms with Crippen LogP contribution in [0.5, 0.6) is 0 Å². The highest BCUT2D eigenvalue weighted by Crippen LogP contribution is 2.42. The van der Waals surface area contributed by atoms with Crippen LogP contribution in [0, 0.1) is 0 Å². The summed E-state index contributed by atoms with van der Waals surface area (Å²) in [6, 6.07) is 12.3. The second-order valence-electron chi connectivity index (χ2n) is 4.89. The van der Waals surface area contributed by atoms with Gasteiger partial charge in [0.2, 0.25) is 3.79 Å². The molecule has 1 atom stereocenters. The monoisotopic (exact) mass is 362 g/mol. The molecule has 2 rings (SSSR count). The first-order valence-electron chi connectivity index (χ1n) is 6.85. The number of fused-ring (bicyclic) bond motifs is 1. The molecule has 0 fully saturated rings. The summed E-state index contributed by atoms with van der Waals surface area (Å²) < 4.78 is -1.70. The molecule has 0 spiro atoms. The van der Waals surface area contributed by atoms with Crippen molar-refractivity contribution >= 4 is 57.3 Å². The zero-order valence-electron chi connectivity index (χ0n) is 11.7. The molecule has 2 aromatic carbocycles. The fraction of sp³-hybridized carbons (Fsp3) is 0.375. The Labute approximate surface area is 144 Å². The number of alkyl halides is 3. The van der Waals surface area contributed by atoms with Gasteiger partial charge in [-0.2, -0.15) is 0 Å². The fourth-order valence-electron chi connectivity index (χ4n) is 2.17. The number of rotatable bonds is 5. The molecule has 1 nitrogen and oxygen atoms in total. The first-order valence-corrected chi connectivity index (χ1v) is 8.87. The lowest BCUT2D eigenvalue weighted by Gasteiger charge is -2.21. The number of thioether (sulfide) groups is 1. The highest BCUT2D eigenvalue weighted by molar-refractivity contribution is 8.00. The van der Waals surface area contributed by atoms with E-state index >= 15 is 0 Å². The van der Waals surface area contributed by atoms with Crippen molar-refractivity contribution in [2.75, 3.05) is 0 Å². The van der Waals surface area contributed by atoms with Gasteiger partial charge in [0.15, 0.2) is 5.44 Å². The standard InChI is InChI=1S/C16H17Cl3OS/c1-2-3-6-12-10-9-11-7-4-5-8-13(11)14(12)21-15(20)16(17,18)19/h4-5,7-10,15,20H,2-3,6H2,1H3. The third-order valence-corrected chi connectivity index (χ3v) is 5.57. The van der Waals surface area contributed by atoms with Crippen LogP contribution in [0.2, 0.25) is 0 Å². The van der Waals surface area contributed by atoms with E-state index in [0.29, 0.717) is 0 Å². The maximum absolute atomic E-state index is 10.1. The van der Waals surface area contributed by atoms with Crippen LogP contribution in [0.25, 0.3) is 10.8 Å². The minimum absolute atomic E-state index is 0.955. The number of aliphatic hydroxyl groups is 1. The van der Waals surface area contributed by atoms with E-state index in [2.05, 4.69) is 19.1 Å². The predicted octanol–water partition coefficient (Wildman–Crippen LogP) is 5.96. The van der Waals surface area contributed by atoms with Crippen LogP contribution in [0.3, 0.4) is 0 Å². The summed E-state index contributed by atoms with van der Waals surface area (Å²) in [6.07, 6.45) is 3.16. The molecule has 0 saturated carbocycles. The van der Waals surface area contributed by atoms with Gasteiger partial charge in [0.1, 0.15) is 0 Å². The summed E-state index contributed by atoms with van der Waals surface area (Å²) in [5.41, 5.74) is 0.0857. The van der Waals surface area contributed by atoms with Crippen LogP contribution in [-0.2, 0) is 6.42 Å². The third kappa shape index (κ3) is 4.43. The van der Waals surface area contributed by atoms with E-state index in [9.17, 15) is 5.11 Å². The first-order chi connectivity index (χ1) is 9.93. The van der Waals surface area contributed by atoms with E-state index in [4.69, 9.17) is 34.8 Å². The minimum atomic E-state index is -1.70. The average Bonchev–Trinajstić information content (AvgIpc) is 2.45. The number of hydrogen-bond donors (Lipinski definition) is 1. The molecular weight excluding hydrogens is 347 g/mol. The Kier molecular flexibility index (Phi) is 6.10. The van der Waals surface area contributed by atoms with Crippen LogP contribution >= 0.6 is 46.6 Å². The Morgan fingerprint density at radius 3 is 2.52 bits per heavy atom. The molecule has 0 heterocycles. The average molecular weight is 364 g/mol. The van der Waals surface area contributed by atoms with Gasteiger partial charge in [-0.25, -0.2) is 0 Å². The van der Waals surface area contributed by atoms with Gasteiger partial charge in [-0.15, -0.1) is 0 Å². The molecule has 5 heteroatoms. The van der Waals surface area contributed by atoms with Gasteiger partial charge in [0.25, 0.3) is 0 Å². The van der Waals surface area contributed by atoms with Crippen molar-refractivity contribution in [3.63, 3.8) is 0 Å². The lowest BCUT2D eigenvalue weighted by Crippen LogP contribution is -2.21. The van der Waals surface area contributed by atoms with Crippen molar-refractivity contribution in [2.45, 2.75) is 40.3 Å². The molecule has 114 valence electrons. The number of unbranched alkanes of at least 4 members (excludes halogenated alkanes) is 1. The van der Waals surface area contributed by atoms with Crippen LogP contribution in [0.15, 0.2) is 41.3 Å².